The number of amides is 2. The third kappa shape index (κ3) is 6.41. The number of rotatable bonds is 7. The molecule has 2 heterocycles. The molecule has 1 aliphatic rings. The van der Waals surface area contributed by atoms with E-state index in [2.05, 4.69) is 10.3 Å². The maximum atomic E-state index is 14.1. The molecule has 2 amide bonds. The average Bonchev–Trinajstić information content (AvgIpc) is 3.29. The molecule has 0 saturated heterocycles. The van der Waals surface area contributed by atoms with Crippen LogP contribution in [0.25, 0.3) is 5.69 Å². The Bertz CT molecular complexity index is 1690. The van der Waals surface area contributed by atoms with Gasteiger partial charge < -0.3 is 20.5 Å². The van der Waals surface area contributed by atoms with Crippen molar-refractivity contribution in [3.63, 3.8) is 0 Å². The molecule has 0 spiro atoms. The number of benzene rings is 3. The second-order valence-electron chi connectivity index (χ2n) is 10.2. The standard InChI is InChI=1S/C30H25F6N5O2/c31-22-12-24(33)23(32)10-19(22)9-20(37)11-27(42)40-14-18-6-2-4-8-25(18)41-16-39-28(26(41)15-40)29(43)38-13-17-5-1-3-7-21(17)30(34,35)36/h1-8,10,12,16,20H,9,11,13-15,37H2,(H,38,43)/t20-/m1/s1. The Morgan fingerprint density at radius 2 is 1.63 bits per heavy atom. The summed E-state index contributed by atoms with van der Waals surface area (Å²) in [5.41, 5.74) is 6.54. The minimum absolute atomic E-state index is 0.0767. The molecule has 4 aromatic rings. The average molecular weight is 602 g/mol. The minimum atomic E-state index is -4.60. The molecule has 3 N–H and O–H groups in total. The number of alkyl halides is 3. The Labute approximate surface area is 241 Å². The first-order chi connectivity index (χ1) is 20.4. The lowest BCUT2D eigenvalue weighted by molar-refractivity contribution is -0.138. The van der Waals surface area contributed by atoms with E-state index in [1.807, 2.05) is 0 Å². The largest absolute Gasteiger partial charge is 0.416 e. The highest BCUT2D eigenvalue weighted by Gasteiger charge is 2.33. The van der Waals surface area contributed by atoms with Crippen molar-refractivity contribution in [2.24, 2.45) is 5.73 Å². The fourth-order valence-electron chi connectivity index (χ4n) is 5.06. The lowest BCUT2D eigenvalue weighted by atomic mass is 10.0. The molecule has 3 aromatic carbocycles. The lowest BCUT2D eigenvalue weighted by Crippen LogP contribution is -2.36. The predicted octanol–water partition coefficient (Wildman–Crippen LogP) is 5.04. The molecule has 0 saturated carbocycles. The van der Waals surface area contributed by atoms with E-state index >= 15 is 0 Å². The number of imidazole rings is 1. The smallest absolute Gasteiger partial charge is 0.347 e. The Morgan fingerprint density at radius 1 is 0.930 bits per heavy atom. The topological polar surface area (TPSA) is 93.2 Å². The summed E-state index contributed by atoms with van der Waals surface area (Å²) < 4.78 is 83.0. The van der Waals surface area contributed by atoms with Crippen molar-refractivity contribution in [3.05, 3.63) is 118 Å². The van der Waals surface area contributed by atoms with Crippen LogP contribution < -0.4 is 11.1 Å². The summed E-state index contributed by atoms with van der Waals surface area (Å²) in [5, 5.41) is 2.49. The van der Waals surface area contributed by atoms with Crippen LogP contribution in [0.2, 0.25) is 0 Å². The number of para-hydroxylation sites is 1. The zero-order valence-corrected chi connectivity index (χ0v) is 22.5. The molecule has 0 bridgehead atoms. The van der Waals surface area contributed by atoms with Gasteiger partial charge in [0.2, 0.25) is 5.91 Å². The van der Waals surface area contributed by atoms with Crippen molar-refractivity contribution >= 4 is 11.8 Å². The van der Waals surface area contributed by atoms with E-state index in [1.165, 1.54) is 29.4 Å². The fraction of sp³-hybridized carbons (Fsp3) is 0.233. The second-order valence-corrected chi connectivity index (χ2v) is 10.2. The van der Waals surface area contributed by atoms with Crippen molar-refractivity contribution < 1.29 is 35.9 Å². The predicted molar refractivity (Wildman–Crippen MR) is 143 cm³/mol. The maximum Gasteiger partial charge on any atom is 0.416 e. The Morgan fingerprint density at radius 3 is 2.40 bits per heavy atom. The SMILES string of the molecule is N[C@@H](CC(=O)N1Cc2ccccc2-n2cnc(C(=O)NCc3ccccc3C(F)(F)F)c2C1)Cc1cc(F)c(F)cc1F. The van der Waals surface area contributed by atoms with Gasteiger partial charge in [-0.2, -0.15) is 13.2 Å². The first-order valence-electron chi connectivity index (χ1n) is 13.2. The Kier molecular flexibility index (Phi) is 8.27. The summed E-state index contributed by atoms with van der Waals surface area (Å²) in [6, 6.07) is 12.2. The Balaban J connectivity index is 1.37. The number of hydrogen-bond donors (Lipinski definition) is 2. The molecule has 1 aliphatic heterocycles. The first kappa shape index (κ1) is 29.8. The van der Waals surface area contributed by atoms with Gasteiger partial charge in [-0.25, -0.2) is 18.2 Å². The van der Waals surface area contributed by atoms with Gasteiger partial charge >= 0.3 is 6.18 Å². The number of nitrogens with zero attached hydrogens (tertiary/aromatic N) is 3. The first-order valence-corrected chi connectivity index (χ1v) is 13.2. The van der Waals surface area contributed by atoms with E-state index in [0.717, 1.165) is 11.6 Å². The van der Waals surface area contributed by atoms with Crippen LogP contribution in [-0.2, 0) is 37.0 Å². The van der Waals surface area contributed by atoms with Crippen LogP contribution in [0.5, 0.6) is 0 Å². The summed E-state index contributed by atoms with van der Waals surface area (Å²) >= 11 is 0. The van der Waals surface area contributed by atoms with Gasteiger partial charge in [0.15, 0.2) is 17.3 Å². The van der Waals surface area contributed by atoms with Crippen molar-refractivity contribution in [2.45, 2.75) is 44.7 Å². The molecule has 7 nitrogen and oxygen atoms in total. The number of hydrogen-bond acceptors (Lipinski definition) is 4. The molecule has 0 fully saturated rings. The monoisotopic (exact) mass is 601 g/mol. The summed E-state index contributed by atoms with van der Waals surface area (Å²) in [4.78, 5) is 32.2. The third-order valence-corrected chi connectivity index (χ3v) is 7.16. The Hall–Kier alpha value is -4.65. The van der Waals surface area contributed by atoms with Crippen LogP contribution in [0, 0.1) is 17.5 Å². The summed E-state index contributed by atoms with van der Waals surface area (Å²) in [5.74, 6) is -4.74. The van der Waals surface area contributed by atoms with E-state index in [9.17, 15) is 35.9 Å². The van der Waals surface area contributed by atoms with Gasteiger partial charge in [-0.15, -0.1) is 0 Å². The van der Waals surface area contributed by atoms with Gasteiger partial charge in [0.25, 0.3) is 5.91 Å². The lowest BCUT2D eigenvalue weighted by Gasteiger charge is -2.23. The third-order valence-electron chi connectivity index (χ3n) is 7.16. The molecule has 224 valence electrons. The second kappa shape index (κ2) is 11.9. The number of aromatic nitrogens is 2. The number of nitrogens with two attached hydrogens (primary N) is 1. The quantitative estimate of drug-likeness (QED) is 0.229. The van der Waals surface area contributed by atoms with Crippen LogP contribution in [0.4, 0.5) is 26.3 Å². The van der Waals surface area contributed by atoms with Gasteiger partial charge in [-0.1, -0.05) is 36.4 Å². The minimum Gasteiger partial charge on any atom is -0.347 e. The van der Waals surface area contributed by atoms with Gasteiger partial charge in [-0.05, 0) is 41.3 Å². The molecular formula is C30H25F6N5O2. The van der Waals surface area contributed by atoms with Crippen LogP contribution in [0.1, 0.15) is 44.9 Å². The molecule has 1 atom stereocenters. The van der Waals surface area contributed by atoms with E-state index in [-0.39, 0.29) is 42.8 Å². The van der Waals surface area contributed by atoms with E-state index in [4.69, 9.17) is 5.73 Å². The highest BCUT2D eigenvalue weighted by atomic mass is 19.4. The summed E-state index contributed by atoms with van der Waals surface area (Å²) in [6.45, 7) is -0.375. The summed E-state index contributed by atoms with van der Waals surface area (Å²) in [6.07, 6.45) is -3.71. The van der Waals surface area contributed by atoms with E-state index < -0.39 is 53.6 Å². The van der Waals surface area contributed by atoms with Crippen molar-refractivity contribution in [2.75, 3.05) is 0 Å². The molecular weight excluding hydrogens is 576 g/mol. The molecule has 0 unspecified atom stereocenters. The maximum absolute atomic E-state index is 14.1. The molecule has 0 aliphatic carbocycles. The highest BCUT2D eigenvalue weighted by Crippen LogP contribution is 2.32. The number of carbonyl (C=O) groups is 2. The molecule has 43 heavy (non-hydrogen) atoms. The zero-order chi connectivity index (χ0) is 30.9. The molecule has 0 radical (unpaired) electrons. The van der Waals surface area contributed by atoms with E-state index in [1.54, 1.807) is 28.8 Å². The number of halogens is 6. The van der Waals surface area contributed by atoms with Crippen molar-refractivity contribution in [1.82, 2.24) is 19.8 Å². The van der Waals surface area contributed by atoms with Crippen LogP contribution in [0.3, 0.4) is 0 Å². The number of fused-ring (bicyclic) bond motifs is 3. The van der Waals surface area contributed by atoms with Crippen LogP contribution in [0.15, 0.2) is 67.0 Å². The van der Waals surface area contributed by atoms with Crippen LogP contribution >= 0.6 is 0 Å². The molecule has 13 heteroatoms. The van der Waals surface area contributed by atoms with Crippen molar-refractivity contribution in [3.8, 4) is 5.69 Å². The summed E-state index contributed by atoms with van der Waals surface area (Å²) in [7, 11) is 0. The highest BCUT2D eigenvalue weighted by molar-refractivity contribution is 5.94. The molecule has 1 aromatic heterocycles. The van der Waals surface area contributed by atoms with Gasteiger partial charge in [0.1, 0.15) is 12.1 Å². The number of carbonyl (C=O) groups excluding carboxylic acids is 2. The zero-order valence-electron chi connectivity index (χ0n) is 22.5. The van der Waals surface area contributed by atoms with Crippen molar-refractivity contribution in [1.29, 1.82) is 0 Å². The van der Waals surface area contributed by atoms with E-state index in [0.29, 0.717) is 23.5 Å². The van der Waals surface area contributed by atoms with Gasteiger partial charge in [-0.3, -0.25) is 9.59 Å². The number of nitrogens with one attached hydrogen (secondary N) is 1. The fourth-order valence-corrected chi connectivity index (χ4v) is 5.06. The normalized spacial score (nSPS) is 13.6. The van der Waals surface area contributed by atoms with Crippen LogP contribution in [-0.4, -0.2) is 32.3 Å². The van der Waals surface area contributed by atoms with Gasteiger partial charge in [0.05, 0.1) is 23.5 Å². The van der Waals surface area contributed by atoms with Gasteiger partial charge in [0, 0.05) is 31.6 Å². The molecule has 5 rings (SSSR count).